The first kappa shape index (κ1) is 13.6. The monoisotopic (exact) mass is 235 g/mol. The fraction of sp³-hybridized carbons (Fsp3) is 0.538. The van der Waals surface area contributed by atoms with E-state index in [0.717, 1.165) is 12.0 Å². The zero-order valence-electron chi connectivity index (χ0n) is 10.8. The van der Waals surface area contributed by atoms with E-state index in [-0.39, 0.29) is 11.3 Å². The van der Waals surface area contributed by atoms with Crippen LogP contribution in [0.25, 0.3) is 0 Å². The number of amidine groups is 1. The minimum absolute atomic E-state index is 0.0139. The number of rotatable bonds is 5. The molecule has 0 aliphatic heterocycles. The molecular formula is C13H21N3O. The molecule has 0 fully saturated rings. The van der Waals surface area contributed by atoms with E-state index < -0.39 is 0 Å². The summed E-state index contributed by atoms with van der Waals surface area (Å²) < 4.78 is 5.59. The van der Waals surface area contributed by atoms with Crippen LogP contribution in [-0.2, 0) is 11.3 Å². The summed E-state index contributed by atoms with van der Waals surface area (Å²) in [6, 6.07) is 3.72. The van der Waals surface area contributed by atoms with Gasteiger partial charge in [-0.2, -0.15) is 0 Å². The van der Waals surface area contributed by atoms with Crippen LogP contribution in [0.5, 0.6) is 0 Å². The van der Waals surface area contributed by atoms with Gasteiger partial charge in [0.1, 0.15) is 11.5 Å². The molecule has 0 radical (unpaired) electrons. The van der Waals surface area contributed by atoms with Crippen molar-refractivity contribution in [1.82, 2.24) is 4.98 Å². The summed E-state index contributed by atoms with van der Waals surface area (Å²) in [4.78, 5) is 4.08. The number of nitrogens with zero attached hydrogens (tertiary/aromatic N) is 1. The van der Waals surface area contributed by atoms with Crippen molar-refractivity contribution in [3.05, 3.63) is 29.6 Å². The summed E-state index contributed by atoms with van der Waals surface area (Å²) in [5.41, 5.74) is 7.12. The third kappa shape index (κ3) is 4.95. The molecule has 0 aliphatic carbocycles. The van der Waals surface area contributed by atoms with E-state index in [1.54, 1.807) is 6.20 Å². The molecule has 1 aromatic rings. The van der Waals surface area contributed by atoms with Crippen LogP contribution in [0, 0.1) is 10.8 Å². The van der Waals surface area contributed by atoms with Gasteiger partial charge in [-0.3, -0.25) is 10.4 Å². The van der Waals surface area contributed by atoms with Crippen molar-refractivity contribution in [1.29, 1.82) is 5.41 Å². The smallest absolute Gasteiger partial charge is 0.142 e. The average Bonchev–Trinajstić information content (AvgIpc) is 2.23. The second kappa shape index (κ2) is 5.77. The summed E-state index contributed by atoms with van der Waals surface area (Å²) in [6.07, 6.45) is 2.64. The van der Waals surface area contributed by atoms with Gasteiger partial charge in [-0.25, -0.2) is 0 Å². The lowest BCUT2D eigenvalue weighted by Gasteiger charge is -2.17. The first-order valence-electron chi connectivity index (χ1n) is 5.76. The molecule has 0 spiro atoms. The van der Waals surface area contributed by atoms with E-state index in [4.69, 9.17) is 15.9 Å². The van der Waals surface area contributed by atoms with Crippen LogP contribution in [0.3, 0.4) is 0 Å². The third-order valence-electron chi connectivity index (χ3n) is 2.40. The fourth-order valence-corrected chi connectivity index (χ4v) is 1.36. The molecule has 4 heteroatoms. The number of nitrogen functional groups attached to an aromatic ring is 1. The Morgan fingerprint density at radius 2 is 2.18 bits per heavy atom. The van der Waals surface area contributed by atoms with Gasteiger partial charge in [0.25, 0.3) is 0 Å². The molecule has 1 heterocycles. The maximum Gasteiger partial charge on any atom is 0.142 e. The van der Waals surface area contributed by atoms with E-state index in [0.29, 0.717) is 18.9 Å². The molecule has 1 rings (SSSR count). The molecule has 0 unspecified atom stereocenters. The number of pyridine rings is 1. The molecule has 3 N–H and O–H groups in total. The summed E-state index contributed by atoms with van der Waals surface area (Å²) in [5.74, 6) is -0.0139. The summed E-state index contributed by atoms with van der Waals surface area (Å²) in [5, 5.41) is 7.42. The number of aromatic nitrogens is 1. The summed E-state index contributed by atoms with van der Waals surface area (Å²) >= 11 is 0. The normalized spacial score (nSPS) is 11.5. The van der Waals surface area contributed by atoms with E-state index in [1.807, 2.05) is 12.1 Å². The highest BCUT2D eigenvalue weighted by Gasteiger charge is 2.10. The molecule has 17 heavy (non-hydrogen) atoms. The van der Waals surface area contributed by atoms with Gasteiger partial charge in [0.2, 0.25) is 0 Å². The lowest BCUT2D eigenvalue weighted by molar-refractivity contribution is 0.0959. The van der Waals surface area contributed by atoms with Crippen molar-refractivity contribution in [2.24, 2.45) is 11.1 Å². The number of nitrogens with two attached hydrogens (primary N) is 1. The van der Waals surface area contributed by atoms with Gasteiger partial charge >= 0.3 is 0 Å². The Bertz CT molecular complexity index is 382. The molecular weight excluding hydrogens is 214 g/mol. The molecule has 1 aromatic heterocycles. The van der Waals surface area contributed by atoms with Crippen molar-refractivity contribution < 1.29 is 4.74 Å². The molecule has 4 nitrogen and oxygen atoms in total. The van der Waals surface area contributed by atoms with Gasteiger partial charge < -0.3 is 10.5 Å². The van der Waals surface area contributed by atoms with Crippen LogP contribution in [0.4, 0.5) is 0 Å². The number of nitrogens with one attached hydrogen (secondary N) is 1. The van der Waals surface area contributed by atoms with Crippen LogP contribution in [0.1, 0.15) is 38.4 Å². The second-order valence-electron chi connectivity index (χ2n) is 5.29. The quantitative estimate of drug-likeness (QED) is 0.467. The lowest BCUT2D eigenvalue weighted by Crippen LogP contribution is -2.16. The Morgan fingerprint density at radius 1 is 1.47 bits per heavy atom. The Kier molecular flexibility index (Phi) is 4.63. The standard InChI is InChI=1S/C13H21N3O/c1-13(2,3)6-8-17-9-10-5-4-7-16-11(10)12(14)15/h4-5,7H,6,8-9H2,1-3H3,(H3,14,15). The Hall–Kier alpha value is -1.42. The molecule has 0 saturated heterocycles. The number of ether oxygens (including phenoxy) is 1. The van der Waals surface area contributed by atoms with Gasteiger partial charge in [-0.05, 0) is 17.9 Å². The maximum absolute atomic E-state index is 7.42. The number of hydrogen-bond acceptors (Lipinski definition) is 3. The fourth-order valence-electron chi connectivity index (χ4n) is 1.36. The zero-order chi connectivity index (χ0) is 12.9. The van der Waals surface area contributed by atoms with Crippen molar-refractivity contribution >= 4 is 5.84 Å². The van der Waals surface area contributed by atoms with E-state index in [9.17, 15) is 0 Å². The van der Waals surface area contributed by atoms with Crippen molar-refractivity contribution in [3.8, 4) is 0 Å². The SMILES string of the molecule is CC(C)(C)CCOCc1cccnc1C(=N)N. The van der Waals surface area contributed by atoms with E-state index >= 15 is 0 Å². The van der Waals surface area contributed by atoms with Crippen molar-refractivity contribution in [2.75, 3.05) is 6.61 Å². The Morgan fingerprint density at radius 3 is 2.76 bits per heavy atom. The van der Waals surface area contributed by atoms with E-state index in [1.165, 1.54) is 0 Å². The lowest BCUT2D eigenvalue weighted by atomic mass is 9.93. The highest BCUT2D eigenvalue weighted by molar-refractivity contribution is 5.94. The topological polar surface area (TPSA) is 72.0 Å². The van der Waals surface area contributed by atoms with Crippen LogP contribution in [0.15, 0.2) is 18.3 Å². The van der Waals surface area contributed by atoms with Gasteiger partial charge in [-0.15, -0.1) is 0 Å². The molecule has 0 aromatic carbocycles. The minimum Gasteiger partial charge on any atom is -0.382 e. The third-order valence-corrected chi connectivity index (χ3v) is 2.40. The van der Waals surface area contributed by atoms with Gasteiger partial charge in [0.05, 0.1) is 6.61 Å². The van der Waals surface area contributed by atoms with Crippen LogP contribution in [-0.4, -0.2) is 17.4 Å². The zero-order valence-corrected chi connectivity index (χ0v) is 10.8. The molecule has 0 amide bonds. The molecule has 94 valence electrons. The Balaban J connectivity index is 2.49. The highest BCUT2D eigenvalue weighted by atomic mass is 16.5. The first-order valence-corrected chi connectivity index (χ1v) is 5.76. The number of hydrogen-bond donors (Lipinski definition) is 2. The predicted octanol–water partition coefficient (Wildman–Crippen LogP) is 2.32. The van der Waals surface area contributed by atoms with Crippen molar-refractivity contribution in [3.63, 3.8) is 0 Å². The van der Waals surface area contributed by atoms with Gasteiger partial charge in [-0.1, -0.05) is 26.8 Å². The average molecular weight is 235 g/mol. The first-order chi connectivity index (χ1) is 7.90. The summed E-state index contributed by atoms with van der Waals surface area (Å²) in [6.45, 7) is 7.71. The molecule has 0 saturated carbocycles. The minimum atomic E-state index is -0.0139. The maximum atomic E-state index is 7.42. The van der Waals surface area contributed by atoms with Crippen molar-refractivity contribution in [2.45, 2.75) is 33.8 Å². The predicted molar refractivity (Wildman–Crippen MR) is 69.0 cm³/mol. The molecule has 0 aliphatic rings. The molecule has 0 atom stereocenters. The summed E-state index contributed by atoms with van der Waals surface area (Å²) in [7, 11) is 0. The Labute approximate surface area is 103 Å². The van der Waals surface area contributed by atoms with E-state index in [2.05, 4.69) is 25.8 Å². The van der Waals surface area contributed by atoms with Gasteiger partial charge in [0, 0.05) is 18.4 Å². The largest absolute Gasteiger partial charge is 0.382 e. The second-order valence-corrected chi connectivity index (χ2v) is 5.29. The van der Waals surface area contributed by atoms with Crippen LogP contribution >= 0.6 is 0 Å². The highest BCUT2D eigenvalue weighted by Crippen LogP contribution is 2.18. The van der Waals surface area contributed by atoms with Crippen LogP contribution < -0.4 is 5.73 Å². The molecule has 0 bridgehead atoms. The van der Waals surface area contributed by atoms with Gasteiger partial charge in [0.15, 0.2) is 0 Å². The van der Waals surface area contributed by atoms with Crippen LogP contribution in [0.2, 0.25) is 0 Å².